The van der Waals surface area contributed by atoms with E-state index in [0.29, 0.717) is 0 Å². The Morgan fingerprint density at radius 2 is 0.722 bits per heavy atom. The third kappa shape index (κ3) is 5.70. The van der Waals surface area contributed by atoms with Crippen molar-refractivity contribution in [1.29, 1.82) is 0 Å². The van der Waals surface area contributed by atoms with E-state index < -0.39 is 6.15 Å². The van der Waals surface area contributed by atoms with E-state index in [1.165, 1.54) is 38.3 Å². The lowest BCUT2D eigenvalue weighted by Crippen LogP contribution is -2.74. The first-order chi connectivity index (χ1) is 17.7. The first-order valence-corrected chi connectivity index (χ1v) is 13.7. The van der Waals surface area contributed by atoms with Crippen LogP contribution >= 0.6 is 9.24 Å². The van der Waals surface area contributed by atoms with Gasteiger partial charge in [-0.3, -0.25) is 0 Å². The van der Waals surface area contributed by atoms with Gasteiger partial charge in [-0.2, -0.15) is 21.9 Å². The van der Waals surface area contributed by atoms with Crippen LogP contribution in [0, 0.1) is 0 Å². The third-order valence-corrected chi connectivity index (χ3v) is 7.54. The van der Waals surface area contributed by atoms with Crippen LogP contribution in [0.3, 0.4) is 0 Å². The molecule has 0 spiro atoms. The molecule has 0 amide bonds. The van der Waals surface area contributed by atoms with Gasteiger partial charge in [0.25, 0.3) is 0 Å². The predicted octanol–water partition coefficient (Wildman–Crippen LogP) is 5.11. The van der Waals surface area contributed by atoms with Crippen LogP contribution in [0.4, 0.5) is 0 Å². The van der Waals surface area contributed by atoms with Crippen molar-refractivity contribution in [2.45, 2.75) is 26.7 Å². The van der Waals surface area contributed by atoms with E-state index in [9.17, 15) is 0 Å². The van der Waals surface area contributed by atoms with Crippen molar-refractivity contribution in [1.82, 2.24) is 0 Å². The molecule has 0 saturated heterocycles. The quantitative estimate of drug-likeness (QED) is 0.231. The maximum absolute atomic E-state index is 2.30. The lowest BCUT2D eigenvalue weighted by Gasteiger charge is -2.44. The summed E-state index contributed by atoms with van der Waals surface area (Å²) in [7, 11) is 1.97. The second-order valence-corrected chi connectivity index (χ2v) is 10.2. The lowest BCUT2D eigenvalue weighted by atomic mass is 9.13. The van der Waals surface area contributed by atoms with E-state index in [1.807, 2.05) is 9.24 Å². The average Bonchev–Trinajstić information content (AvgIpc) is 2.96. The molecule has 0 N–H and O–H groups in total. The second-order valence-electron chi connectivity index (χ2n) is 9.37. The van der Waals surface area contributed by atoms with Gasteiger partial charge in [0.05, 0.1) is 5.30 Å². The van der Waals surface area contributed by atoms with Crippen LogP contribution in [0.25, 0.3) is 0 Å². The molecule has 0 fully saturated rings. The van der Waals surface area contributed by atoms with Crippen LogP contribution < -0.4 is 27.2 Å². The SMILES string of the molecule is CCc1cc([PH3+])cc(CC)c1.c1ccc([B-](c2ccccc2)(c2ccccc2)c2ccccc2)cc1. The standard InChI is InChI=1S/C24H20B.C10H15P/c1-5-13-21(14-6-1)25(22-15-7-2-8-16-22,23-17-9-3-10-18-23)24-19-11-4-12-20-24;1-3-8-5-9(4-2)7-10(11)6-8/h1-20H;5-7H,3-4,11H2,1-2H3/q-1;/p+1. The number of hydrogen-bond donors (Lipinski definition) is 0. The molecule has 36 heavy (non-hydrogen) atoms. The lowest BCUT2D eigenvalue weighted by molar-refractivity contribution is 1.09. The van der Waals surface area contributed by atoms with Crippen molar-refractivity contribution in [3.8, 4) is 0 Å². The molecule has 180 valence electrons. The van der Waals surface area contributed by atoms with E-state index in [0.717, 1.165) is 12.8 Å². The molecule has 0 saturated carbocycles. The van der Waals surface area contributed by atoms with E-state index in [2.05, 4.69) is 153 Å². The Morgan fingerprint density at radius 1 is 0.444 bits per heavy atom. The van der Waals surface area contributed by atoms with Gasteiger partial charge in [0.15, 0.2) is 0 Å². The highest BCUT2D eigenvalue weighted by Crippen LogP contribution is 2.09. The number of rotatable bonds is 6. The molecule has 5 aromatic rings. The summed E-state index contributed by atoms with van der Waals surface area (Å²) in [5.41, 5.74) is 8.29. The van der Waals surface area contributed by atoms with E-state index >= 15 is 0 Å². The zero-order valence-corrected chi connectivity index (χ0v) is 22.9. The van der Waals surface area contributed by atoms with Crippen molar-refractivity contribution in [2.24, 2.45) is 0 Å². The smallest absolute Gasteiger partial charge is 0.108 e. The van der Waals surface area contributed by atoms with Gasteiger partial charge in [-0.1, -0.05) is 141 Å². The molecule has 0 aliphatic rings. The Labute approximate surface area is 219 Å². The van der Waals surface area contributed by atoms with Crippen molar-refractivity contribution < 1.29 is 0 Å². The van der Waals surface area contributed by atoms with Crippen molar-refractivity contribution >= 4 is 42.5 Å². The van der Waals surface area contributed by atoms with Gasteiger partial charge in [-0.25, -0.2) is 0 Å². The summed E-state index contributed by atoms with van der Waals surface area (Å²) in [4.78, 5) is 0. The second kappa shape index (κ2) is 12.5. The number of hydrogen-bond acceptors (Lipinski definition) is 0. The number of aryl methyl sites for hydroxylation is 2. The summed E-state index contributed by atoms with van der Waals surface area (Å²) in [5.74, 6) is 0. The van der Waals surface area contributed by atoms with Crippen LogP contribution in [-0.4, -0.2) is 6.15 Å². The molecular formula is C34H36BP. The molecule has 0 aliphatic heterocycles. The van der Waals surface area contributed by atoms with E-state index in [-0.39, 0.29) is 0 Å². The average molecular weight is 486 g/mol. The summed E-state index contributed by atoms with van der Waals surface area (Å²) in [5, 5.41) is 1.42. The van der Waals surface area contributed by atoms with Gasteiger partial charge in [0, 0.05) is 9.24 Å². The topological polar surface area (TPSA) is 0 Å². The fraction of sp³-hybridized carbons (Fsp3) is 0.118. The highest BCUT2D eigenvalue weighted by Gasteiger charge is 2.30. The molecule has 1 atom stereocenters. The maximum Gasteiger partial charge on any atom is 0.108 e. The van der Waals surface area contributed by atoms with Crippen LogP contribution in [0.5, 0.6) is 0 Å². The first kappa shape index (κ1) is 25.7. The highest BCUT2D eigenvalue weighted by molar-refractivity contribution is 7.27. The molecule has 0 bridgehead atoms. The van der Waals surface area contributed by atoms with Crippen LogP contribution in [0.1, 0.15) is 25.0 Å². The molecule has 5 rings (SSSR count). The Bertz CT molecular complexity index is 1150. The Balaban J connectivity index is 0.000000233. The van der Waals surface area contributed by atoms with Crippen molar-refractivity contribution in [2.75, 3.05) is 0 Å². The summed E-state index contributed by atoms with van der Waals surface area (Å²) in [6, 6.07) is 50.4. The summed E-state index contributed by atoms with van der Waals surface area (Å²) in [6.45, 7) is 4.41. The molecule has 0 aliphatic carbocycles. The fourth-order valence-electron chi connectivity index (χ4n) is 5.37. The third-order valence-electron chi connectivity index (χ3n) is 7.13. The van der Waals surface area contributed by atoms with Crippen LogP contribution in [0.15, 0.2) is 140 Å². The summed E-state index contributed by atoms with van der Waals surface area (Å²) >= 11 is 0. The van der Waals surface area contributed by atoms with Gasteiger partial charge >= 0.3 is 0 Å². The minimum atomic E-state index is -1.22. The molecule has 5 aromatic carbocycles. The molecule has 1 unspecified atom stereocenters. The summed E-state index contributed by atoms with van der Waals surface area (Å²) < 4.78 is 0. The molecule has 0 aromatic heterocycles. The van der Waals surface area contributed by atoms with Crippen LogP contribution in [-0.2, 0) is 12.8 Å². The predicted molar refractivity (Wildman–Crippen MR) is 166 cm³/mol. The van der Waals surface area contributed by atoms with Crippen molar-refractivity contribution in [3.63, 3.8) is 0 Å². The fourth-order valence-corrected chi connectivity index (χ4v) is 5.89. The summed E-state index contributed by atoms with van der Waals surface area (Å²) in [6.07, 6.45) is 1.09. The Morgan fingerprint density at radius 3 is 0.972 bits per heavy atom. The zero-order chi connectivity index (χ0) is 25.2. The highest BCUT2D eigenvalue weighted by atomic mass is 31.0. The Hall–Kier alpha value is -3.41. The van der Waals surface area contributed by atoms with Gasteiger partial charge < -0.3 is 0 Å². The van der Waals surface area contributed by atoms with E-state index in [4.69, 9.17) is 0 Å². The zero-order valence-electron chi connectivity index (χ0n) is 21.5. The molecule has 2 heteroatoms. The van der Waals surface area contributed by atoms with Gasteiger partial charge in [-0.05, 0) is 36.1 Å². The van der Waals surface area contributed by atoms with Gasteiger partial charge in [0.1, 0.15) is 6.15 Å². The number of benzene rings is 5. The van der Waals surface area contributed by atoms with E-state index in [1.54, 1.807) is 0 Å². The molecule has 0 heterocycles. The first-order valence-electron chi connectivity index (χ1n) is 13.0. The van der Waals surface area contributed by atoms with Gasteiger partial charge in [-0.15, -0.1) is 0 Å². The minimum Gasteiger partial charge on any atom is -0.195 e. The largest absolute Gasteiger partial charge is 0.195 e. The monoisotopic (exact) mass is 486 g/mol. The normalized spacial score (nSPS) is 10.9. The maximum atomic E-state index is 2.30. The van der Waals surface area contributed by atoms with Crippen molar-refractivity contribution in [3.05, 3.63) is 151 Å². The Kier molecular flexibility index (Phi) is 8.93. The molecule has 0 nitrogen and oxygen atoms in total. The van der Waals surface area contributed by atoms with Crippen LogP contribution in [0.2, 0.25) is 0 Å². The minimum absolute atomic E-state index is 1.15. The van der Waals surface area contributed by atoms with Gasteiger partial charge in [0.2, 0.25) is 0 Å². The molecular weight excluding hydrogens is 450 g/mol. The molecule has 0 radical (unpaired) electrons.